The first kappa shape index (κ1) is 15.9. The van der Waals surface area contributed by atoms with E-state index in [9.17, 15) is 21.6 Å². The molecule has 19 heavy (non-hydrogen) atoms. The molecule has 1 aromatic carbocycles. The molecule has 1 aromatic rings. The van der Waals surface area contributed by atoms with Crippen LogP contribution in [0.3, 0.4) is 0 Å². The maximum absolute atomic E-state index is 12.1. The Morgan fingerprint density at radius 3 is 2.42 bits per heavy atom. The molecule has 0 fully saturated rings. The minimum absolute atomic E-state index is 0.117. The fourth-order valence-corrected chi connectivity index (χ4v) is 2.90. The first-order valence-corrected chi connectivity index (χ1v) is 7.06. The summed E-state index contributed by atoms with van der Waals surface area (Å²) in [6.07, 6.45) is -4.20. The van der Waals surface area contributed by atoms with Gasteiger partial charge in [-0.15, -0.1) is 0 Å². The van der Waals surface area contributed by atoms with Gasteiger partial charge in [0.05, 0.1) is 4.90 Å². The number of nitrogens with two attached hydrogens (primary N) is 1. The highest BCUT2D eigenvalue weighted by atomic mass is 32.2. The third-order valence-electron chi connectivity index (χ3n) is 2.50. The standard InChI is InChI=1S/C11H15F3N2O2S/c1-2-9-4-3-8(6-15)5-10(9)19(17,18)16-7-11(12,13)14/h3-5,16H,2,6-7,15H2,1H3. The normalized spacial score (nSPS) is 12.7. The van der Waals surface area contributed by atoms with Gasteiger partial charge in [0.25, 0.3) is 0 Å². The maximum atomic E-state index is 12.1. The molecule has 0 spiro atoms. The average Bonchev–Trinajstić information content (AvgIpc) is 2.35. The lowest BCUT2D eigenvalue weighted by molar-refractivity contribution is -0.121. The number of sulfonamides is 1. The zero-order chi connectivity index (χ0) is 14.7. The Hall–Kier alpha value is -1.12. The maximum Gasteiger partial charge on any atom is 0.402 e. The molecule has 0 radical (unpaired) electrons. The summed E-state index contributed by atoms with van der Waals surface area (Å²) in [7, 11) is -4.19. The van der Waals surface area contributed by atoms with Crippen molar-refractivity contribution in [1.82, 2.24) is 4.72 Å². The summed E-state index contributed by atoms with van der Waals surface area (Å²) in [5, 5.41) is 0. The van der Waals surface area contributed by atoms with Gasteiger partial charge in [-0.25, -0.2) is 13.1 Å². The zero-order valence-corrected chi connectivity index (χ0v) is 11.1. The molecule has 0 unspecified atom stereocenters. The van der Waals surface area contributed by atoms with Crippen LogP contribution in [0.5, 0.6) is 0 Å². The smallest absolute Gasteiger partial charge is 0.326 e. The zero-order valence-electron chi connectivity index (χ0n) is 10.3. The predicted octanol–water partition coefficient (Wildman–Crippen LogP) is 1.55. The van der Waals surface area contributed by atoms with Crippen molar-refractivity contribution in [2.75, 3.05) is 6.54 Å². The van der Waals surface area contributed by atoms with E-state index in [0.717, 1.165) is 0 Å². The SMILES string of the molecule is CCc1ccc(CN)cc1S(=O)(=O)NCC(F)(F)F. The van der Waals surface area contributed by atoms with Gasteiger partial charge in [-0.05, 0) is 23.6 Å². The van der Waals surface area contributed by atoms with Gasteiger partial charge < -0.3 is 5.73 Å². The first-order valence-electron chi connectivity index (χ1n) is 5.58. The molecule has 4 nitrogen and oxygen atoms in total. The Kier molecular flexibility index (Phi) is 4.94. The lowest BCUT2D eigenvalue weighted by atomic mass is 10.1. The van der Waals surface area contributed by atoms with Gasteiger partial charge in [-0.3, -0.25) is 0 Å². The summed E-state index contributed by atoms with van der Waals surface area (Å²) in [6, 6.07) is 4.52. The Balaban J connectivity index is 3.12. The second kappa shape index (κ2) is 5.89. The van der Waals surface area contributed by atoms with Crippen molar-refractivity contribution >= 4 is 10.0 Å². The molecule has 3 N–H and O–H groups in total. The quantitative estimate of drug-likeness (QED) is 0.866. The van der Waals surface area contributed by atoms with E-state index in [2.05, 4.69) is 0 Å². The van der Waals surface area contributed by atoms with Crippen molar-refractivity contribution in [3.8, 4) is 0 Å². The van der Waals surface area contributed by atoms with Gasteiger partial charge >= 0.3 is 6.18 Å². The van der Waals surface area contributed by atoms with E-state index in [0.29, 0.717) is 17.5 Å². The van der Waals surface area contributed by atoms with Crippen molar-refractivity contribution in [2.24, 2.45) is 5.73 Å². The molecule has 0 aliphatic rings. The number of alkyl halides is 3. The summed E-state index contributed by atoms with van der Waals surface area (Å²) in [5.41, 5.74) is 6.40. The van der Waals surface area contributed by atoms with Crippen LogP contribution in [-0.4, -0.2) is 21.1 Å². The van der Waals surface area contributed by atoms with Crippen LogP contribution < -0.4 is 10.5 Å². The minimum atomic E-state index is -4.59. The number of hydrogen-bond donors (Lipinski definition) is 2. The van der Waals surface area contributed by atoms with E-state index in [4.69, 9.17) is 5.73 Å². The number of benzene rings is 1. The molecule has 0 saturated carbocycles. The molecule has 0 amide bonds. The second-order valence-electron chi connectivity index (χ2n) is 3.94. The highest BCUT2D eigenvalue weighted by Crippen LogP contribution is 2.20. The largest absolute Gasteiger partial charge is 0.402 e. The molecular weight excluding hydrogens is 281 g/mol. The Bertz CT molecular complexity index is 541. The van der Waals surface area contributed by atoms with E-state index in [1.54, 1.807) is 23.8 Å². The fourth-order valence-electron chi connectivity index (χ4n) is 1.52. The lowest BCUT2D eigenvalue weighted by Crippen LogP contribution is -2.34. The minimum Gasteiger partial charge on any atom is -0.326 e. The van der Waals surface area contributed by atoms with Crippen LogP contribution in [0.25, 0.3) is 0 Å². The van der Waals surface area contributed by atoms with Crippen LogP contribution in [0.15, 0.2) is 23.1 Å². The van der Waals surface area contributed by atoms with Crippen LogP contribution in [0.2, 0.25) is 0 Å². The van der Waals surface area contributed by atoms with E-state index >= 15 is 0 Å². The van der Waals surface area contributed by atoms with Crippen LogP contribution in [0.1, 0.15) is 18.1 Å². The van der Waals surface area contributed by atoms with E-state index in [-0.39, 0.29) is 11.4 Å². The molecule has 0 bridgehead atoms. The summed E-state index contributed by atoms with van der Waals surface area (Å²) >= 11 is 0. The molecule has 0 heterocycles. The molecule has 0 aromatic heterocycles. The van der Waals surface area contributed by atoms with Crippen LogP contribution >= 0.6 is 0 Å². The van der Waals surface area contributed by atoms with Crippen molar-refractivity contribution in [2.45, 2.75) is 31.0 Å². The monoisotopic (exact) mass is 296 g/mol. The summed E-state index contributed by atoms with van der Waals surface area (Å²) in [5.74, 6) is 0. The van der Waals surface area contributed by atoms with Gasteiger partial charge in [0.2, 0.25) is 10.0 Å². The molecule has 8 heteroatoms. The number of rotatable bonds is 5. The molecule has 0 aliphatic carbocycles. The predicted molar refractivity (Wildman–Crippen MR) is 65.0 cm³/mol. The number of halogens is 3. The first-order chi connectivity index (χ1) is 8.69. The molecular formula is C11H15F3N2O2S. The summed E-state index contributed by atoms with van der Waals surface area (Å²) in [4.78, 5) is -0.151. The van der Waals surface area contributed by atoms with Crippen molar-refractivity contribution < 1.29 is 21.6 Å². The van der Waals surface area contributed by atoms with E-state index in [1.807, 2.05) is 0 Å². The van der Waals surface area contributed by atoms with Crippen molar-refractivity contribution in [1.29, 1.82) is 0 Å². The number of hydrogen-bond acceptors (Lipinski definition) is 3. The van der Waals surface area contributed by atoms with Crippen LogP contribution in [0.4, 0.5) is 13.2 Å². The van der Waals surface area contributed by atoms with Crippen LogP contribution in [-0.2, 0) is 23.0 Å². The third-order valence-corrected chi connectivity index (χ3v) is 3.98. The number of nitrogens with one attached hydrogen (secondary N) is 1. The van der Waals surface area contributed by atoms with E-state index < -0.39 is 22.7 Å². The molecule has 0 aliphatic heterocycles. The average molecular weight is 296 g/mol. The summed E-state index contributed by atoms with van der Waals surface area (Å²) < 4.78 is 61.5. The Morgan fingerprint density at radius 2 is 1.95 bits per heavy atom. The van der Waals surface area contributed by atoms with Crippen molar-refractivity contribution in [3.05, 3.63) is 29.3 Å². The molecule has 0 saturated heterocycles. The summed E-state index contributed by atoms with van der Waals surface area (Å²) in [6.45, 7) is 0.247. The Labute approximate surface area is 109 Å². The van der Waals surface area contributed by atoms with Gasteiger partial charge in [0, 0.05) is 6.54 Å². The van der Waals surface area contributed by atoms with Gasteiger partial charge in [-0.2, -0.15) is 13.2 Å². The highest BCUT2D eigenvalue weighted by molar-refractivity contribution is 7.89. The second-order valence-corrected chi connectivity index (χ2v) is 5.67. The third kappa shape index (κ3) is 4.48. The Morgan fingerprint density at radius 1 is 1.32 bits per heavy atom. The molecule has 0 atom stereocenters. The van der Waals surface area contributed by atoms with Gasteiger partial charge in [0.15, 0.2) is 0 Å². The molecule has 1 rings (SSSR count). The van der Waals surface area contributed by atoms with Crippen molar-refractivity contribution in [3.63, 3.8) is 0 Å². The number of aryl methyl sites for hydroxylation is 1. The van der Waals surface area contributed by atoms with E-state index in [1.165, 1.54) is 6.07 Å². The van der Waals surface area contributed by atoms with Gasteiger partial charge in [-0.1, -0.05) is 19.1 Å². The fraction of sp³-hybridized carbons (Fsp3) is 0.455. The van der Waals surface area contributed by atoms with Crippen LogP contribution in [0, 0.1) is 0 Å². The topological polar surface area (TPSA) is 72.2 Å². The lowest BCUT2D eigenvalue weighted by Gasteiger charge is -2.13. The molecule has 108 valence electrons. The van der Waals surface area contributed by atoms with Gasteiger partial charge in [0.1, 0.15) is 6.54 Å². The highest BCUT2D eigenvalue weighted by Gasteiger charge is 2.30.